The van der Waals surface area contributed by atoms with Crippen LogP contribution >= 0.6 is 0 Å². The van der Waals surface area contributed by atoms with Crippen molar-refractivity contribution < 1.29 is 4.74 Å². The number of hydrogen-bond donors (Lipinski definition) is 2. The summed E-state index contributed by atoms with van der Waals surface area (Å²) in [5, 5.41) is 6.62. The van der Waals surface area contributed by atoms with E-state index in [-0.39, 0.29) is 0 Å². The van der Waals surface area contributed by atoms with Crippen LogP contribution in [0.4, 0.5) is 0 Å². The molecule has 19 heavy (non-hydrogen) atoms. The lowest BCUT2D eigenvalue weighted by Crippen LogP contribution is -2.40. The molecule has 0 aromatic rings. The first-order valence-electron chi connectivity index (χ1n) is 7.58. The molecule has 1 unspecified atom stereocenters. The molecule has 0 aromatic carbocycles. The van der Waals surface area contributed by atoms with Crippen LogP contribution < -0.4 is 10.6 Å². The Balaban J connectivity index is 2.28. The molecule has 1 aliphatic heterocycles. The Morgan fingerprint density at radius 2 is 2.00 bits per heavy atom. The van der Waals surface area contributed by atoms with Gasteiger partial charge in [0.2, 0.25) is 0 Å². The summed E-state index contributed by atoms with van der Waals surface area (Å²) >= 11 is 0. The first kappa shape index (κ1) is 16.2. The topological polar surface area (TPSA) is 48.9 Å². The molecule has 5 nitrogen and oxygen atoms in total. The van der Waals surface area contributed by atoms with E-state index in [4.69, 9.17) is 4.74 Å². The minimum Gasteiger partial charge on any atom is -0.379 e. The third-order valence-corrected chi connectivity index (χ3v) is 3.12. The van der Waals surface area contributed by atoms with Crippen LogP contribution in [0.5, 0.6) is 0 Å². The second-order valence-electron chi connectivity index (χ2n) is 5.16. The first-order chi connectivity index (χ1) is 9.26. The Kier molecular flexibility index (Phi) is 8.58. The van der Waals surface area contributed by atoms with Gasteiger partial charge in [-0.15, -0.1) is 0 Å². The largest absolute Gasteiger partial charge is 0.379 e. The lowest BCUT2D eigenvalue weighted by Gasteiger charge is -2.28. The van der Waals surface area contributed by atoms with E-state index in [2.05, 4.69) is 41.3 Å². The molecule has 1 saturated heterocycles. The molecular weight excluding hydrogens is 240 g/mol. The number of nitrogens with one attached hydrogen (secondary N) is 2. The zero-order chi connectivity index (χ0) is 13.9. The van der Waals surface area contributed by atoms with Gasteiger partial charge in [-0.2, -0.15) is 0 Å². The van der Waals surface area contributed by atoms with Crippen molar-refractivity contribution in [2.45, 2.75) is 27.2 Å². The smallest absolute Gasteiger partial charge is 0.191 e. The Hall–Kier alpha value is -0.810. The molecule has 1 fully saturated rings. The highest BCUT2D eigenvalue weighted by Crippen LogP contribution is 2.03. The molecule has 1 rings (SSSR count). The van der Waals surface area contributed by atoms with Crippen molar-refractivity contribution in [2.24, 2.45) is 10.9 Å². The summed E-state index contributed by atoms with van der Waals surface area (Å²) in [4.78, 5) is 7.12. The molecule has 0 spiro atoms. The minimum absolute atomic E-state index is 0.579. The highest BCUT2D eigenvalue weighted by atomic mass is 16.5. The fraction of sp³-hybridized carbons (Fsp3) is 0.929. The maximum atomic E-state index is 5.37. The Morgan fingerprint density at radius 3 is 2.63 bits per heavy atom. The van der Waals surface area contributed by atoms with E-state index < -0.39 is 0 Å². The molecule has 2 N–H and O–H groups in total. The molecule has 1 atom stereocenters. The van der Waals surface area contributed by atoms with E-state index in [1.54, 1.807) is 0 Å². The van der Waals surface area contributed by atoms with Crippen LogP contribution in [0.15, 0.2) is 4.99 Å². The highest BCUT2D eigenvalue weighted by Gasteiger charge is 2.13. The summed E-state index contributed by atoms with van der Waals surface area (Å²) in [6.45, 7) is 14.3. The summed E-state index contributed by atoms with van der Waals surface area (Å²) in [6, 6.07) is 0. The van der Waals surface area contributed by atoms with Gasteiger partial charge in [-0.1, -0.05) is 13.8 Å². The molecule has 0 aliphatic carbocycles. The quantitative estimate of drug-likeness (QED) is 0.533. The van der Waals surface area contributed by atoms with Crippen molar-refractivity contribution in [3.05, 3.63) is 0 Å². The summed E-state index contributed by atoms with van der Waals surface area (Å²) in [6.07, 6.45) is 1.12. The van der Waals surface area contributed by atoms with E-state index in [0.29, 0.717) is 5.92 Å². The molecule has 0 bridgehead atoms. The summed E-state index contributed by atoms with van der Waals surface area (Å²) < 4.78 is 5.37. The molecule has 112 valence electrons. The Bertz CT molecular complexity index is 252. The van der Waals surface area contributed by atoms with E-state index in [0.717, 1.165) is 64.9 Å². The van der Waals surface area contributed by atoms with Gasteiger partial charge in [0.05, 0.1) is 13.2 Å². The second-order valence-corrected chi connectivity index (χ2v) is 5.16. The minimum atomic E-state index is 0.579. The molecule has 5 heteroatoms. The number of ether oxygens (including phenoxy) is 1. The van der Waals surface area contributed by atoms with Gasteiger partial charge in [0.15, 0.2) is 5.96 Å². The number of hydrogen-bond acceptors (Lipinski definition) is 3. The van der Waals surface area contributed by atoms with Gasteiger partial charge in [-0.05, 0) is 19.3 Å². The van der Waals surface area contributed by atoms with E-state index in [9.17, 15) is 0 Å². The molecule has 0 amide bonds. The summed E-state index contributed by atoms with van der Waals surface area (Å²) in [7, 11) is 0. The standard InChI is InChI=1S/C14H30N4O/c1-4-6-16-14(15-5-2)17-11-13(3)12-18-7-9-19-10-8-18/h13H,4-12H2,1-3H3,(H2,15,16,17). The summed E-state index contributed by atoms with van der Waals surface area (Å²) in [5.74, 6) is 1.52. The van der Waals surface area contributed by atoms with Crippen molar-refractivity contribution in [2.75, 3.05) is 52.5 Å². The van der Waals surface area contributed by atoms with E-state index in [1.165, 1.54) is 0 Å². The maximum Gasteiger partial charge on any atom is 0.191 e. The van der Waals surface area contributed by atoms with E-state index >= 15 is 0 Å². The van der Waals surface area contributed by atoms with Gasteiger partial charge in [0.25, 0.3) is 0 Å². The predicted molar refractivity (Wildman–Crippen MR) is 80.7 cm³/mol. The number of morpholine rings is 1. The van der Waals surface area contributed by atoms with Gasteiger partial charge in [-0.3, -0.25) is 9.89 Å². The molecule has 1 heterocycles. The van der Waals surface area contributed by atoms with Crippen LogP contribution in [0.3, 0.4) is 0 Å². The number of aliphatic imine (C=N–C) groups is 1. The van der Waals surface area contributed by atoms with Crippen molar-refractivity contribution in [3.8, 4) is 0 Å². The molecule has 0 radical (unpaired) electrons. The number of rotatable bonds is 7. The lowest BCUT2D eigenvalue weighted by molar-refractivity contribution is 0.0323. The van der Waals surface area contributed by atoms with Crippen molar-refractivity contribution in [1.29, 1.82) is 0 Å². The van der Waals surface area contributed by atoms with Gasteiger partial charge < -0.3 is 15.4 Å². The van der Waals surface area contributed by atoms with Crippen LogP contribution in [0.1, 0.15) is 27.2 Å². The Labute approximate surface area is 117 Å². The van der Waals surface area contributed by atoms with Gasteiger partial charge >= 0.3 is 0 Å². The second kappa shape index (κ2) is 10.0. The average molecular weight is 270 g/mol. The first-order valence-corrected chi connectivity index (χ1v) is 7.58. The third kappa shape index (κ3) is 7.38. The van der Waals surface area contributed by atoms with Gasteiger partial charge in [0, 0.05) is 39.3 Å². The fourth-order valence-corrected chi connectivity index (χ4v) is 2.11. The molecule has 0 aromatic heterocycles. The highest BCUT2D eigenvalue weighted by molar-refractivity contribution is 5.79. The van der Waals surface area contributed by atoms with Crippen molar-refractivity contribution >= 4 is 5.96 Å². The molecule has 0 saturated carbocycles. The monoisotopic (exact) mass is 270 g/mol. The Morgan fingerprint density at radius 1 is 1.26 bits per heavy atom. The molecular formula is C14H30N4O. The van der Waals surface area contributed by atoms with E-state index in [1.807, 2.05) is 0 Å². The average Bonchev–Trinajstić information content (AvgIpc) is 2.43. The fourth-order valence-electron chi connectivity index (χ4n) is 2.11. The third-order valence-electron chi connectivity index (χ3n) is 3.12. The van der Waals surface area contributed by atoms with Crippen molar-refractivity contribution in [3.63, 3.8) is 0 Å². The van der Waals surface area contributed by atoms with Crippen LogP contribution in [0.25, 0.3) is 0 Å². The zero-order valence-corrected chi connectivity index (χ0v) is 12.7. The predicted octanol–water partition coefficient (Wildman–Crippen LogP) is 0.920. The van der Waals surface area contributed by atoms with Crippen LogP contribution in [-0.4, -0.2) is 63.3 Å². The number of nitrogens with zero attached hydrogens (tertiary/aromatic N) is 2. The van der Waals surface area contributed by atoms with Gasteiger partial charge in [-0.25, -0.2) is 0 Å². The van der Waals surface area contributed by atoms with Gasteiger partial charge in [0.1, 0.15) is 0 Å². The van der Waals surface area contributed by atoms with Crippen LogP contribution in [-0.2, 0) is 4.74 Å². The zero-order valence-electron chi connectivity index (χ0n) is 12.7. The number of guanidine groups is 1. The lowest BCUT2D eigenvalue weighted by atomic mass is 10.1. The normalized spacial score (nSPS) is 19.2. The van der Waals surface area contributed by atoms with Crippen molar-refractivity contribution in [1.82, 2.24) is 15.5 Å². The summed E-state index contributed by atoms with van der Waals surface area (Å²) in [5.41, 5.74) is 0. The maximum absolute atomic E-state index is 5.37. The molecule has 1 aliphatic rings. The van der Waals surface area contributed by atoms with Crippen LogP contribution in [0.2, 0.25) is 0 Å². The SMILES string of the molecule is CCCNC(=NCC(C)CN1CCOCC1)NCC. The van der Waals surface area contributed by atoms with Crippen LogP contribution in [0, 0.1) is 5.92 Å².